The van der Waals surface area contributed by atoms with Crippen LogP contribution in [0.1, 0.15) is 25.7 Å². The van der Waals surface area contributed by atoms with Gasteiger partial charge in [0.1, 0.15) is 0 Å². The van der Waals surface area contributed by atoms with Gasteiger partial charge in [0.05, 0.1) is 4.99 Å². The van der Waals surface area contributed by atoms with Crippen LogP contribution < -0.4 is 5.32 Å². The van der Waals surface area contributed by atoms with Crippen molar-refractivity contribution in [1.29, 1.82) is 0 Å². The third kappa shape index (κ3) is 6.05. The Kier molecular flexibility index (Phi) is 10.2. The number of nitrogens with one attached hydrogen (secondary N) is 1. The van der Waals surface area contributed by atoms with Gasteiger partial charge in [-0.2, -0.15) is 74.6 Å². The molecule has 0 saturated carbocycles. The standard InChI is InChI=1S/C17H14F17NO2S/c1-7(9(36)37)3-2-6-35-8(38)4-5-10(18,19)11(20,21)12(22,23)13(24,25)14(26,27)15(28,29)16(30,31)17(32,33)34/h1-6H2,(H,35,38)(H,36,37). The molecule has 0 rings (SSSR count). The minimum atomic E-state index is -8.67. The van der Waals surface area contributed by atoms with E-state index in [0.717, 1.165) is 0 Å². The highest BCUT2D eigenvalue weighted by atomic mass is 32.1. The zero-order valence-electron chi connectivity index (χ0n) is 17.9. The molecule has 0 aromatic carbocycles. The first-order valence-corrected chi connectivity index (χ1v) is 9.77. The molecule has 0 fully saturated rings. The van der Waals surface area contributed by atoms with Crippen LogP contribution in [0.5, 0.6) is 0 Å². The van der Waals surface area contributed by atoms with Crippen LogP contribution in [0.15, 0.2) is 12.2 Å². The second-order valence-corrected chi connectivity index (χ2v) is 8.00. The third-order valence-corrected chi connectivity index (χ3v) is 5.08. The molecule has 3 nitrogen and oxygen atoms in total. The number of halogens is 17. The molecule has 0 aromatic rings. The van der Waals surface area contributed by atoms with Gasteiger partial charge in [-0.1, -0.05) is 18.8 Å². The highest BCUT2D eigenvalue weighted by Gasteiger charge is 2.95. The van der Waals surface area contributed by atoms with E-state index in [1.807, 2.05) is 5.32 Å². The van der Waals surface area contributed by atoms with Crippen LogP contribution in [0, 0.1) is 0 Å². The van der Waals surface area contributed by atoms with Crippen molar-refractivity contribution in [3.8, 4) is 0 Å². The molecule has 0 aromatic heterocycles. The van der Waals surface area contributed by atoms with E-state index >= 15 is 0 Å². The van der Waals surface area contributed by atoms with Gasteiger partial charge in [0.2, 0.25) is 0 Å². The van der Waals surface area contributed by atoms with Crippen molar-refractivity contribution in [3.05, 3.63) is 12.2 Å². The summed E-state index contributed by atoms with van der Waals surface area (Å²) >= 11 is 4.35. The van der Waals surface area contributed by atoms with E-state index in [1.54, 1.807) is 0 Å². The number of rotatable bonds is 14. The summed E-state index contributed by atoms with van der Waals surface area (Å²) in [5.41, 5.74) is -0.345. The van der Waals surface area contributed by atoms with Gasteiger partial charge in [-0.25, -0.2) is 4.79 Å². The molecule has 0 saturated heterocycles. The van der Waals surface area contributed by atoms with Gasteiger partial charge >= 0.3 is 53.6 Å². The SMILES string of the molecule is C=C(CCCNC(=S)CCC(F)(F)C(F)(F)C(F)(F)C(F)(F)C(F)(F)C(F)(F)C(F)(F)C(F)(F)F)C(=O)O. The number of aliphatic carboxylic acids is 1. The molecule has 0 atom stereocenters. The Morgan fingerprint density at radius 3 is 1.39 bits per heavy atom. The molecule has 21 heteroatoms. The maximum Gasteiger partial charge on any atom is 0.460 e. The largest absolute Gasteiger partial charge is 0.478 e. The Morgan fingerprint density at radius 1 is 0.658 bits per heavy atom. The summed E-state index contributed by atoms with van der Waals surface area (Å²) in [6.07, 6.45) is -12.4. The van der Waals surface area contributed by atoms with E-state index in [1.165, 1.54) is 0 Å². The van der Waals surface area contributed by atoms with Gasteiger partial charge in [-0.05, 0) is 12.8 Å². The molecule has 0 spiro atoms. The van der Waals surface area contributed by atoms with Crippen molar-refractivity contribution in [2.45, 2.75) is 73.3 Å². The fourth-order valence-corrected chi connectivity index (χ4v) is 2.55. The van der Waals surface area contributed by atoms with E-state index in [0.29, 0.717) is 0 Å². The van der Waals surface area contributed by atoms with E-state index in [9.17, 15) is 79.4 Å². The normalized spacial score (nSPS) is 14.9. The lowest BCUT2D eigenvalue weighted by Gasteiger charge is -2.42. The summed E-state index contributed by atoms with van der Waals surface area (Å²) in [5, 5.41) is 10.6. The Morgan fingerprint density at radius 2 is 1.03 bits per heavy atom. The fraction of sp³-hybridized carbons (Fsp3) is 0.765. The zero-order valence-corrected chi connectivity index (χ0v) is 18.7. The molecule has 0 unspecified atom stereocenters. The smallest absolute Gasteiger partial charge is 0.460 e. The van der Waals surface area contributed by atoms with E-state index < -0.39 is 71.4 Å². The lowest BCUT2D eigenvalue weighted by Crippen LogP contribution is -2.74. The highest BCUT2D eigenvalue weighted by molar-refractivity contribution is 7.80. The Labute approximate surface area is 206 Å². The van der Waals surface area contributed by atoms with Crippen molar-refractivity contribution in [2.75, 3.05) is 6.54 Å². The van der Waals surface area contributed by atoms with Crippen LogP contribution in [0.3, 0.4) is 0 Å². The first-order chi connectivity index (χ1) is 16.5. The van der Waals surface area contributed by atoms with E-state index in [-0.39, 0.29) is 25.0 Å². The summed E-state index contributed by atoms with van der Waals surface area (Å²) in [7, 11) is 0. The van der Waals surface area contributed by atoms with E-state index in [4.69, 9.17) is 5.11 Å². The molecule has 0 aliphatic carbocycles. The van der Waals surface area contributed by atoms with Gasteiger partial charge in [-0.15, -0.1) is 0 Å². The Bertz CT molecular complexity index is 897. The van der Waals surface area contributed by atoms with Crippen molar-refractivity contribution in [3.63, 3.8) is 0 Å². The number of carbonyl (C=O) groups is 1. The van der Waals surface area contributed by atoms with Crippen LogP contribution in [-0.4, -0.2) is 70.2 Å². The summed E-state index contributed by atoms with van der Waals surface area (Å²) in [6.45, 7) is 2.73. The zero-order chi connectivity index (χ0) is 31.0. The highest BCUT2D eigenvalue weighted by Crippen LogP contribution is 2.64. The maximum absolute atomic E-state index is 13.8. The predicted octanol–water partition coefficient (Wildman–Crippen LogP) is 7.11. The maximum atomic E-state index is 13.8. The van der Waals surface area contributed by atoms with Crippen molar-refractivity contribution in [2.24, 2.45) is 0 Å². The lowest BCUT2D eigenvalue weighted by molar-refractivity contribution is -0.461. The fourth-order valence-electron chi connectivity index (χ4n) is 2.35. The Balaban J connectivity index is 5.90. The molecule has 224 valence electrons. The first-order valence-electron chi connectivity index (χ1n) is 9.36. The topological polar surface area (TPSA) is 49.3 Å². The molecule has 0 aliphatic heterocycles. The van der Waals surface area contributed by atoms with Crippen molar-refractivity contribution < 1.29 is 84.5 Å². The molecule has 0 radical (unpaired) electrons. The average molecular weight is 619 g/mol. The number of carboxylic acids is 1. The number of carboxylic acid groups (broad SMARTS) is 1. The molecule has 0 amide bonds. The van der Waals surface area contributed by atoms with Gasteiger partial charge in [0, 0.05) is 25.0 Å². The van der Waals surface area contributed by atoms with Crippen LogP contribution in [0.4, 0.5) is 74.6 Å². The lowest BCUT2D eigenvalue weighted by atomic mass is 9.88. The minimum absolute atomic E-state index is 0.131. The van der Waals surface area contributed by atoms with Crippen molar-refractivity contribution in [1.82, 2.24) is 5.32 Å². The number of alkyl halides is 17. The molecule has 0 heterocycles. The average Bonchev–Trinajstić information content (AvgIpc) is 2.73. The quantitative estimate of drug-likeness (QED) is 0.0942. The summed E-state index contributed by atoms with van der Waals surface area (Å²) in [4.78, 5) is 9.63. The second kappa shape index (κ2) is 10.8. The molecule has 0 aliphatic rings. The molecule has 0 bridgehead atoms. The minimum Gasteiger partial charge on any atom is -0.478 e. The summed E-state index contributed by atoms with van der Waals surface area (Å²) in [5.74, 6) is -58.1. The number of hydrogen-bond donors (Lipinski definition) is 2. The molecular formula is C17H14F17NO2S. The molecule has 2 N–H and O–H groups in total. The Hall–Kier alpha value is -2.09. The van der Waals surface area contributed by atoms with E-state index in [2.05, 4.69) is 18.8 Å². The van der Waals surface area contributed by atoms with Crippen molar-refractivity contribution >= 4 is 23.2 Å². The van der Waals surface area contributed by atoms with Gasteiger partial charge in [0.25, 0.3) is 0 Å². The molecular weight excluding hydrogens is 605 g/mol. The van der Waals surface area contributed by atoms with Crippen LogP contribution in [-0.2, 0) is 4.79 Å². The van der Waals surface area contributed by atoms with Gasteiger partial charge < -0.3 is 10.4 Å². The number of thiocarbonyl (C=S) groups is 1. The van der Waals surface area contributed by atoms with Crippen LogP contribution in [0.25, 0.3) is 0 Å². The first kappa shape index (κ1) is 35.9. The van der Waals surface area contributed by atoms with Gasteiger partial charge in [-0.3, -0.25) is 0 Å². The monoisotopic (exact) mass is 619 g/mol. The predicted molar refractivity (Wildman–Crippen MR) is 96.5 cm³/mol. The second-order valence-electron chi connectivity index (χ2n) is 7.51. The van der Waals surface area contributed by atoms with Crippen LogP contribution in [0.2, 0.25) is 0 Å². The number of hydrogen-bond acceptors (Lipinski definition) is 2. The van der Waals surface area contributed by atoms with Gasteiger partial charge in [0.15, 0.2) is 0 Å². The molecule has 38 heavy (non-hydrogen) atoms. The third-order valence-electron chi connectivity index (χ3n) is 4.73. The van der Waals surface area contributed by atoms with Crippen LogP contribution >= 0.6 is 12.2 Å². The summed E-state index contributed by atoms with van der Waals surface area (Å²) in [6, 6.07) is 0. The summed E-state index contributed by atoms with van der Waals surface area (Å²) < 4.78 is 224.